The van der Waals surface area contributed by atoms with Gasteiger partial charge in [-0.2, -0.15) is 5.26 Å². The van der Waals surface area contributed by atoms with Crippen LogP contribution in [-0.4, -0.2) is 37.7 Å². The molecule has 0 saturated carbocycles. The van der Waals surface area contributed by atoms with Crippen LogP contribution in [0.4, 0.5) is 0 Å². The second-order valence-corrected chi connectivity index (χ2v) is 5.73. The number of nitriles is 1. The van der Waals surface area contributed by atoms with E-state index in [1.165, 1.54) is 5.56 Å². The number of methoxy groups -OCH3 is 1. The monoisotopic (exact) mass is 273 g/mol. The van der Waals surface area contributed by atoms with Crippen LogP contribution in [0.15, 0.2) is 18.2 Å². The van der Waals surface area contributed by atoms with Crippen molar-refractivity contribution in [2.75, 3.05) is 27.2 Å². The molecule has 0 bridgehead atoms. The average Bonchev–Trinajstić information content (AvgIpc) is 2.49. The van der Waals surface area contributed by atoms with E-state index in [1.54, 1.807) is 7.11 Å². The fourth-order valence-electron chi connectivity index (χ4n) is 2.64. The highest BCUT2D eigenvalue weighted by molar-refractivity contribution is 5.45. The summed E-state index contributed by atoms with van der Waals surface area (Å²) in [5.74, 6) is 0.669. The maximum absolute atomic E-state index is 9.00. The van der Waals surface area contributed by atoms with Crippen molar-refractivity contribution in [1.29, 1.82) is 5.26 Å². The topological polar surface area (TPSA) is 48.3 Å². The zero-order valence-corrected chi connectivity index (χ0v) is 12.6. The normalized spacial score (nSPS) is 18.5. The maximum Gasteiger partial charge on any atom is 0.136 e. The third-order valence-corrected chi connectivity index (χ3v) is 4.36. The van der Waals surface area contributed by atoms with Gasteiger partial charge in [0.1, 0.15) is 11.8 Å². The molecule has 1 N–H and O–H groups in total. The Balaban J connectivity index is 2.00. The molecule has 1 aromatic carbocycles. The molecular weight excluding hydrogens is 250 g/mol. The van der Waals surface area contributed by atoms with Crippen LogP contribution in [0.2, 0.25) is 0 Å². The Hall–Kier alpha value is -1.57. The molecule has 4 heteroatoms. The molecule has 0 aliphatic carbocycles. The van der Waals surface area contributed by atoms with Gasteiger partial charge in [0, 0.05) is 25.2 Å². The lowest BCUT2D eigenvalue weighted by molar-refractivity contribution is 0.146. The summed E-state index contributed by atoms with van der Waals surface area (Å²) in [6.07, 6.45) is 2.33. The number of nitrogens with one attached hydrogen (secondary N) is 1. The second-order valence-electron chi connectivity index (χ2n) is 5.73. The summed E-state index contributed by atoms with van der Waals surface area (Å²) in [5.41, 5.74) is 2.07. The van der Waals surface area contributed by atoms with Gasteiger partial charge in [-0.25, -0.2) is 0 Å². The van der Waals surface area contributed by atoms with Gasteiger partial charge >= 0.3 is 0 Å². The van der Waals surface area contributed by atoms with Crippen molar-refractivity contribution in [3.63, 3.8) is 0 Å². The highest BCUT2D eigenvalue weighted by atomic mass is 16.5. The fraction of sp³-hybridized carbons (Fsp3) is 0.562. The molecule has 1 aliphatic heterocycles. The predicted molar refractivity (Wildman–Crippen MR) is 79.7 cm³/mol. The van der Waals surface area contributed by atoms with E-state index in [0.29, 0.717) is 11.3 Å². The lowest BCUT2D eigenvalue weighted by Crippen LogP contribution is -2.49. The van der Waals surface area contributed by atoms with Gasteiger partial charge in [0.25, 0.3) is 0 Å². The van der Waals surface area contributed by atoms with Gasteiger partial charge in [-0.3, -0.25) is 4.90 Å². The van der Waals surface area contributed by atoms with E-state index < -0.39 is 0 Å². The summed E-state index contributed by atoms with van der Waals surface area (Å²) >= 11 is 0. The standard InChI is InChI=1S/C16H23N3O/c1-16(18-2)6-8-19(9-7-16)12-13-4-5-14(11-17)15(10-13)20-3/h4-5,10,18H,6-9,12H2,1-3H3. The molecule has 0 unspecified atom stereocenters. The number of benzene rings is 1. The third kappa shape index (κ3) is 3.30. The molecule has 2 rings (SSSR count). The lowest BCUT2D eigenvalue weighted by atomic mass is 9.90. The molecule has 0 radical (unpaired) electrons. The largest absolute Gasteiger partial charge is 0.495 e. The minimum Gasteiger partial charge on any atom is -0.495 e. The van der Waals surface area contributed by atoms with E-state index in [-0.39, 0.29) is 5.54 Å². The van der Waals surface area contributed by atoms with Crippen LogP contribution in [-0.2, 0) is 6.54 Å². The van der Waals surface area contributed by atoms with Gasteiger partial charge in [0.05, 0.1) is 12.7 Å². The number of hydrogen-bond acceptors (Lipinski definition) is 4. The quantitative estimate of drug-likeness (QED) is 0.913. The molecule has 0 spiro atoms. The van der Waals surface area contributed by atoms with Crippen molar-refractivity contribution in [3.8, 4) is 11.8 Å². The van der Waals surface area contributed by atoms with Crippen molar-refractivity contribution in [1.82, 2.24) is 10.2 Å². The Morgan fingerprint density at radius 2 is 2.10 bits per heavy atom. The Kier molecular flexibility index (Phi) is 4.64. The van der Waals surface area contributed by atoms with Gasteiger partial charge in [-0.1, -0.05) is 6.07 Å². The molecule has 1 aromatic rings. The lowest BCUT2D eigenvalue weighted by Gasteiger charge is -2.39. The van der Waals surface area contributed by atoms with Crippen molar-refractivity contribution in [2.24, 2.45) is 0 Å². The molecule has 0 atom stereocenters. The Morgan fingerprint density at radius 1 is 1.40 bits per heavy atom. The number of ether oxygens (including phenoxy) is 1. The Labute approximate surface area is 121 Å². The molecule has 1 saturated heterocycles. The average molecular weight is 273 g/mol. The van der Waals surface area contributed by atoms with E-state index in [0.717, 1.165) is 32.5 Å². The molecule has 4 nitrogen and oxygen atoms in total. The van der Waals surface area contributed by atoms with Crippen molar-refractivity contribution >= 4 is 0 Å². The summed E-state index contributed by atoms with van der Waals surface area (Å²) in [5, 5.41) is 12.4. The van der Waals surface area contributed by atoms with Crippen LogP contribution >= 0.6 is 0 Å². The molecule has 0 amide bonds. The molecule has 108 valence electrons. The first-order valence-electron chi connectivity index (χ1n) is 7.08. The first-order valence-corrected chi connectivity index (χ1v) is 7.08. The highest BCUT2D eigenvalue weighted by Crippen LogP contribution is 2.24. The van der Waals surface area contributed by atoms with Gasteiger partial charge in [0.2, 0.25) is 0 Å². The summed E-state index contributed by atoms with van der Waals surface area (Å²) in [6, 6.07) is 7.99. The van der Waals surface area contributed by atoms with Crippen molar-refractivity contribution in [3.05, 3.63) is 29.3 Å². The van der Waals surface area contributed by atoms with E-state index in [9.17, 15) is 0 Å². The van der Waals surface area contributed by atoms with Crippen LogP contribution in [0.1, 0.15) is 30.9 Å². The molecule has 1 aliphatic rings. The van der Waals surface area contributed by atoms with Crippen LogP contribution in [0.25, 0.3) is 0 Å². The zero-order valence-electron chi connectivity index (χ0n) is 12.6. The molecule has 0 aromatic heterocycles. The smallest absolute Gasteiger partial charge is 0.136 e. The van der Waals surface area contributed by atoms with E-state index in [2.05, 4.69) is 23.2 Å². The Morgan fingerprint density at radius 3 is 2.65 bits per heavy atom. The van der Waals surface area contributed by atoms with E-state index in [4.69, 9.17) is 10.00 Å². The minimum atomic E-state index is 0.277. The van der Waals surface area contributed by atoms with Crippen LogP contribution < -0.4 is 10.1 Å². The number of rotatable bonds is 4. The van der Waals surface area contributed by atoms with Crippen LogP contribution in [0.3, 0.4) is 0 Å². The zero-order chi connectivity index (χ0) is 14.6. The molecule has 20 heavy (non-hydrogen) atoms. The third-order valence-electron chi connectivity index (χ3n) is 4.36. The predicted octanol–water partition coefficient (Wildman–Crippen LogP) is 2.14. The summed E-state index contributed by atoms with van der Waals surface area (Å²) < 4.78 is 5.27. The maximum atomic E-state index is 9.00. The number of hydrogen-bond donors (Lipinski definition) is 1. The summed E-state index contributed by atoms with van der Waals surface area (Å²) in [6.45, 7) is 5.40. The van der Waals surface area contributed by atoms with Gasteiger partial charge in [0.15, 0.2) is 0 Å². The molecular formula is C16H23N3O. The van der Waals surface area contributed by atoms with Gasteiger partial charge in [-0.05, 0) is 44.5 Å². The summed E-state index contributed by atoms with van der Waals surface area (Å²) in [7, 11) is 3.65. The van der Waals surface area contributed by atoms with Crippen LogP contribution in [0, 0.1) is 11.3 Å². The van der Waals surface area contributed by atoms with Gasteiger partial charge in [-0.15, -0.1) is 0 Å². The van der Waals surface area contributed by atoms with Gasteiger partial charge < -0.3 is 10.1 Å². The molecule has 1 fully saturated rings. The van der Waals surface area contributed by atoms with Crippen molar-refractivity contribution in [2.45, 2.75) is 31.8 Å². The second kappa shape index (κ2) is 6.25. The van der Waals surface area contributed by atoms with Crippen molar-refractivity contribution < 1.29 is 4.74 Å². The highest BCUT2D eigenvalue weighted by Gasteiger charge is 2.28. The number of nitrogens with zero attached hydrogens (tertiary/aromatic N) is 2. The Bertz CT molecular complexity index is 499. The SMILES string of the molecule is CNC1(C)CCN(Cc2ccc(C#N)c(OC)c2)CC1. The van der Waals surface area contributed by atoms with Crippen LogP contribution in [0.5, 0.6) is 5.75 Å². The summed E-state index contributed by atoms with van der Waals surface area (Å²) in [4.78, 5) is 2.46. The number of piperidine rings is 1. The first kappa shape index (κ1) is 14.8. The minimum absolute atomic E-state index is 0.277. The fourth-order valence-corrected chi connectivity index (χ4v) is 2.64. The molecule has 1 heterocycles. The first-order chi connectivity index (χ1) is 9.60. The number of likely N-dealkylation sites (tertiary alicyclic amines) is 1. The van der Waals surface area contributed by atoms with E-state index >= 15 is 0 Å². The van der Waals surface area contributed by atoms with E-state index in [1.807, 2.05) is 25.2 Å².